The first-order valence-electron chi connectivity index (χ1n) is 11.1. The summed E-state index contributed by atoms with van der Waals surface area (Å²) in [5.41, 5.74) is 7.96. The molecule has 8 heteroatoms. The molecule has 0 spiro atoms. The number of aryl methyl sites for hydroxylation is 1. The maximum absolute atomic E-state index is 13.3. The number of hydrogen-bond donors (Lipinski definition) is 1. The Morgan fingerprint density at radius 1 is 1.12 bits per heavy atom. The van der Waals surface area contributed by atoms with Gasteiger partial charge >= 0.3 is 6.03 Å². The van der Waals surface area contributed by atoms with Crippen LogP contribution in [0.1, 0.15) is 48.4 Å². The predicted molar refractivity (Wildman–Crippen MR) is 121 cm³/mol. The summed E-state index contributed by atoms with van der Waals surface area (Å²) in [6, 6.07) is 10.1. The van der Waals surface area contributed by atoms with Crippen molar-refractivity contribution in [3.05, 3.63) is 59.4 Å². The third kappa shape index (κ3) is 5.01. The third-order valence-electron chi connectivity index (χ3n) is 6.46. The van der Waals surface area contributed by atoms with Crippen LogP contribution in [-0.4, -0.2) is 48.5 Å². The summed E-state index contributed by atoms with van der Waals surface area (Å²) in [6.45, 7) is 3.08. The number of ketones is 1. The van der Waals surface area contributed by atoms with E-state index in [1.54, 1.807) is 35.4 Å². The molecule has 170 valence electrons. The molecule has 1 aliphatic heterocycles. The Morgan fingerprint density at radius 3 is 2.41 bits per heavy atom. The van der Waals surface area contributed by atoms with Gasteiger partial charge in [0, 0.05) is 37.3 Å². The van der Waals surface area contributed by atoms with Gasteiger partial charge in [-0.25, -0.2) is 13.2 Å². The van der Waals surface area contributed by atoms with Crippen LogP contribution in [0.15, 0.2) is 47.5 Å². The lowest BCUT2D eigenvalue weighted by atomic mass is 9.84. The molecule has 2 atom stereocenters. The first-order chi connectivity index (χ1) is 15.2. The van der Waals surface area contributed by atoms with Gasteiger partial charge in [-0.05, 0) is 67.9 Å². The van der Waals surface area contributed by atoms with E-state index in [0.29, 0.717) is 42.9 Å². The van der Waals surface area contributed by atoms with Gasteiger partial charge in [-0.3, -0.25) is 9.78 Å². The number of Topliss-reactive ketones (excluding diaryl/α,β-unsaturated/α-hetero) is 1. The average molecular weight is 456 g/mol. The zero-order valence-electron chi connectivity index (χ0n) is 18.2. The smallest absolute Gasteiger partial charge is 0.314 e. The number of benzene rings is 1. The molecule has 32 heavy (non-hydrogen) atoms. The second kappa shape index (κ2) is 9.02. The number of carbonyl (C=O) groups excluding carboxylic acids is 2. The monoisotopic (exact) mass is 455 g/mol. The molecular weight excluding hydrogens is 426 g/mol. The lowest BCUT2D eigenvalue weighted by Crippen LogP contribution is -2.33. The minimum absolute atomic E-state index is 0.0386. The average Bonchev–Trinajstić information content (AvgIpc) is 3.53. The van der Waals surface area contributed by atoms with Crippen LogP contribution in [-0.2, 0) is 21.1 Å². The Morgan fingerprint density at radius 2 is 1.84 bits per heavy atom. The zero-order valence-corrected chi connectivity index (χ0v) is 19.1. The van der Waals surface area contributed by atoms with Crippen molar-refractivity contribution in [3.8, 4) is 0 Å². The maximum Gasteiger partial charge on any atom is 0.314 e. The van der Waals surface area contributed by atoms with E-state index in [9.17, 15) is 18.0 Å². The fraction of sp³-hybridized carbons (Fsp3) is 0.458. The summed E-state index contributed by atoms with van der Waals surface area (Å²) in [4.78, 5) is 31.1. The zero-order chi connectivity index (χ0) is 22.9. The molecule has 0 unspecified atom stereocenters. The van der Waals surface area contributed by atoms with Gasteiger partial charge in [-0.1, -0.05) is 18.2 Å². The lowest BCUT2D eigenvalue weighted by molar-refractivity contribution is -0.120. The first-order valence-corrected chi connectivity index (χ1v) is 12.6. The molecule has 1 saturated carbocycles. The molecule has 2 aromatic rings. The van der Waals surface area contributed by atoms with Gasteiger partial charge in [0.25, 0.3) is 0 Å². The van der Waals surface area contributed by atoms with Crippen LogP contribution in [0, 0.1) is 12.8 Å². The fourth-order valence-corrected chi connectivity index (χ4v) is 6.03. The van der Waals surface area contributed by atoms with Crippen LogP contribution >= 0.6 is 0 Å². The molecule has 1 aliphatic carbocycles. The highest BCUT2D eigenvalue weighted by Gasteiger charge is 2.37. The fourth-order valence-electron chi connectivity index (χ4n) is 4.38. The number of likely N-dealkylation sites (tertiary alicyclic amines) is 1. The third-order valence-corrected chi connectivity index (χ3v) is 8.74. The number of nitrogens with two attached hydrogens (primary N) is 1. The van der Waals surface area contributed by atoms with E-state index in [1.165, 1.54) is 0 Å². The number of urea groups is 1. The van der Waals surface area contributed by atoms with Crippen LogP contribution < -0.4 is 5.73 Å². The van der Waals surface area contributed by atoms with Crippen molar-refractivity contribution in [2.45, 2.75) is 55.1 Å². The Balaban J connectivity index is 1.55. The van der Waals surface area contributed by atoms with Crippen molar-refractivity contribution < 1.29 is 18.0 Å². The van der Waals surface area contributed by atoms with Crippen LogP contribution in [0.4, 0.5) is 4.79 Å². The van der Waals surface area contributed by atoms with Crippen molar-refractivity contribution in [3.63, 3.8) is 0 Å². The Kier molecular flexibility index (Phi) is 6.33. The van der Waals surface area contributed by atoms with Crippen LogP contribution in [0.3, 0.4) is 0 Å². The molecular formula is C24H29N3O4S. The van der Waals surface area contributed by atoms with Crippen LogP contribution in [0.25, 0.3) is 0 Å². The molecule has 2 heterocycles. The summed E-state index contributed by atoms with van der Waals surface area (Å²) in [6.07, 6.45) is 4.77. The quantitative estimate of drug-likeness (QED) is 0.658. The minimum Gasteiger partial charge on any atom is -0.351 e. The topological polar surface area (TPSA) is 110 Å². The predicted octanol–water partition coefficient (Wildman–Crippen LogP) is 3.01. The number of hydrogen-bond acceptors (Lipinski definition) is 5. The van der Waals surface area contributed by atoms with Crippen molar-refractivity contribution in [1.82, 2.24) is 9.88 Å². The molecule has 0 radical (unpaired) electrons. The molecule has 1 aromatic heterocycles. The van der Waals surface area contributed by atoms with Gasteiger partial charge in [0.05, 0.1) is 10.1 Å². The molecule has 2 N–H and O–H groups in total. The van der Waals surface area contributed by atoms with E-state index in [-0.39, 0.29) is 23.4 Å². The highest BCUT2D eigenvalue weighted by molar-refractivity contribution is 7.92. The molecule has 2 aliphatic rings. The van der Waals surface area contributed by atoms with E-state index in [2.05, 4.69) is 4.98 Å². The number of nitrogens with zero attached hydrogens (tertiary/aromatic N) is 2. The molecule has 7 nitrogen and oxygen atoms in total. The molecule has 4 rings (SSSR count). The van der Waals surface area contributed by atoms with E-state index < -0.39 is 21.8 Å². The van der Waals surface area contributed by atoms with Gasteiger partial charge in [-0.2, -0.15) is 0 Å². The van der Waals surface area contributed by atoms with Crippen molar-refractivity contribution >= 4 is 21.7 Å². The van der Waals surface area contributed by atoms with Crippen LogP contribution in [0.2, 0.25) is 0 Å². The number of pyridine rings is 1. The van der Waals surface area contributed by atoms with Gasteiger partial charge in [0.1, 0.15) is 5.78 Å². The number of amides is 2. The summed E-state index contributed by atoms with van der Waals surface area (Å²) in [5.74, 6) is -0.192. The van der Waals surface area contributed by atoms with Crippen LogP contribution in [0.5, 0.6) is 0 Å². The second-order valence-electron chi connectivity index (χ2n) is 9.01. The van der Waals surface area contributed by atoms with Crippen molar-refractivity contribution in [2.24, 2.45) is 11.7 Å². The summed E-state index contributed by atoms with van der Waals surface area (Å²) >= 11 is 0. The molecule has 2 amide bonds. The molecule has 1 aromatic carbocycles. The number of aromatic nitrogens is 1. The number of rotatable bonds is 8. The van der Waals surface area contributed by atoms with E-state index >= 15 is 0 Å². The molecule has 2 fully saturated rings. The lowest BCUT2D eigenvalue weighted by Gasteiger charge is -2.21. The van der Waals surface area contributed by atoms with Gasteiger partial charge < -0.3 is 10.6 Å². The van der Waals surface area contributed by atoms with Gasteiger partial charge in [0.15, 0.2) is 9.84 Å². The highest BCUT2D eigenvalue weighted by Crippen LogP contribution is 2.35. The van der Waals surface area contributed by atoms with Gasteiger partial charge in [-0.15, -0.1) is 0 Å². The largest absolute Gasteiger partial charge is 0.351 e. The Hall–Kier alpha value is -2.74. The second-order valence-corrected chi connectivity index (χ2v) is 11.2. The normalized spacial score (nSPS) is 19.7. The standard InChI is InChI=1S/C24H29N3O4S/c1-16-2-5-19(26-14-16)13-23(28)22(12-17-10-11-27(15-17)24(25)29)18-3-6-20(7-4-18)32(30,31)21-8-9-21/h2-7,14,17,21-22H,8-13,15H2,1H3,(H2,25,29)/t17-,22-/m1/s1. The van der Waals surface area contributed by atoms with E-state index in [1.807, 2.05) is 19.1 Å². The SMILES string of the molecule is Cc1ccc(CC(=O)[C@H](C[C@H]2CCN(C(N)=O)C2)c2ccc(S(=O)(=O)C3CC3)cc2)nc1. The van der Waals surface area contributed by atoms with Gasteiger partial charge in [0.2, 0.25) is 0 Å². The summed E-state index contributed by atoms with van der Waals surface area (Å²) < 4.78 is 25.1. The molecule has 0 bridgehead atoms. The minimum atomic E-state index is -3.27. The van der Waals surface area contributed by atoms with E-state index in [4.69, 9.17) is 5.73 Å². The number of sulfone groups is 1. The number of primary amides is 1. The highest BCUT2D eigenvalue weighted by atomic mass is 32.2. The Bertz CT molecular complexity index is 1090. The van der Waals surface area contributed by atoms with E-state index in [0.717, 1.165) is 17.5 Å². The molecule has 1 saturated heterocycles. The summed E-state index contributed by atoms with van der Waals surface area (Å²) in [7, 11) is -3.27. The summed E-state index contributed by atoms with van der Waals surface area (Å²) in [5, 5.41) is -0.267. The maximum atomic E-state index is 13.3. The van der Waals surface area contributed by atoms with Crippen molar-refractivity contribution in [1.29, 1.82) is 0 Å². The van der Waals surface area contributed by atoms with Crippen molar-refractivity contribution in [2.75, 3.05) is 13.1 Å². The first kappa shape index (κ1) is 22.5. The number of carbonyl (C=O) groups is 2. The Labute approximate surface area is 188 Å².